The summed E-state index contributed by atoms with van der Waals surface area (Å²) in [6, 6.07) is 16.4. The van der Waals surface area contributed by atoms with Gasteiger partial charge in [-0.1, -0.05) is 36.4 Å². The molecule has 2 atom stereocenters. The molecule has 2 N–H and O–H groups in total. The lowest BCUT2D eigenvalue weighted by atomic mass is 10.2. The number of esters is 1. The van der Waals surface area contributed by atoms with E-state index in [2.05, 4.69) is 10.6 Å². The zero-order valence-corrected chi connectivity index (χ0v) is 16.2. The van der Waals surface area contributed by atoms with Gasteiger partial charge >= 0.3 is 5.97 Å². The van der Waals surface area contributed by atoms with Crippen molar-refractivity contribution in [3.05, 3.63) is 66.2 Å². The monoisotopic (exact) mass is 402 g/mol. The van der Waals surface area contributed by atoms with Gasteiger partial charge in [-0.05, 0) is 30.7 Å². The molecule has 2 aromatic carbocycles. The van der Waals surface area contributed by atoms with Crippen LogP contribution in [-0.4, -0.2) is 47.4 Å². The highest BCUT2D eigenvalue weighted by molar-refractivity contribution is 7.85. The highest BCUT2D eigenvalue weighted by Gasteiger charge is 2.22. The summed E-state index contributed by atoms with van der Waals surface area (Å²) in [5, 5.41) is 5.01. The van der Waals surface area contributed by atoms with Crippen LogP contribution in [0.5, 0.6) is 0 Å². The summed E-state index contributed by atoms with van der Waals surface area (Å²) in [5.41, 5.74) is 0.429. The lowest BCUT2D eigenvalue weighted by Crippen LogP contribution is -2.46. The summed E-state index contributed by atoms with van der Waals surface area (Å²) in [4.78, 5) is 36.7. The van der Waals surface area contributed by atoms with Crippen LogP contribution in [0.3, 0.4) is 0 Å². The van der Waals surface area contributed by atoms with Gasteiger partial charge in [-0.3, -0.25) is 13.8 Å². The van der Waals surface area contributed by atoms with E-state index in [9.17, 15) is 18.6 Å². The zero-order chi connectivity index (χ0) is 20.4. The van der Waals surface area contributed by atoms with Crippen LogP contribution in [0.4, 0.5) is 0 Å². The number of carbonyl (C=O) groups excluding carboxylic acids is 3. The van der Waals surface area contributed by atoms with Crippen molar-refractivity contribution in [3.8, 4) is 0 Å². The molecule has 28 heavy (non-hydrogen) atoms. The molecule has 8 heteroatoms. The molecule has 7 nitrogen and oxygen atoms in total. The van der Waals surface area contributed by atoms with E-state index in [1.807, 2.05) is 6.07 Å². The van der Waals surface area contributed by atoms with E-state index in [1.54, 1.807) is 54.6 Å². The van der Waals surface area contributed by atoms with Crippen LogP contribution in [0.15, 0.2) is 65.6 Å². The number of rotatable bonds is 9. The third-order valence-electron chi connectivity index (χ3n) is 3.86. The summed E-state index contributed by atoms with van der Waals surface area (Å²) >= 11 is 0. The van der Waals surface area contributed by atoms with Gasteiger partial charge < -0.3 is 15.4 Å². The van der Waals surface area contributed by atoms with Crippen molar-refractivity contribution in [3.63, 3.8) is 0 Å². The second kappa shape index (κ2) is 11.0. The van der Waals surface area contributed by atoms with Crippen molar-refractivity contribution in [2.75, 3.05) is 19.4 Å². The molecule has 148 valence electrons. The Morgan fingerprint density at radius 2 is 1.61 bits per heavy atom. The number of amides is 2. The molecule has 0 saturated carbocycles. The molecule has 2 rings (SSSR count). The maximum atomic E-state index is 12.3. The van der Waals surface area contributed by atoms with Crippen molar-refractivity contribution < 1.29 is 23.3 Å². The SMILES string of the molecule is COC(=O)[C@H](CC[S@](=O)c1ccccc1)NC(=O)CNC(=O)c1ccccc1. The average molecular weight is 402 g/mol. The highest BCUT2D eigenvalue weighted by atomic mass is 32.2. The maximum absolute atomic E-state index is 12.3. The lowest BCUT2D eigenvalue weighted by Gasteiger charge is -2.16. The van der Waals surface area contributed by atoms with E-state index in [0.29, 0.717) is 10.5 Å². The third-order valence-corrected chi connectivity index (χ3v) is 5.27. The number of carbonyl (C=O) groups is 3. The summed E-state index contributed by atoms with van der Waals surface area (Å²) < 4.78 is 17.0. The van der Waals surface area contributed by atoms with Gasteiger partial charge in [0, 0.05) is 16.2 Å². The first-order chi connectivity index (χ1) is 13.5. The maximum Gasteiger partial charge on any atom is 0.328 e. The van der Waals surface area contributed by atoms with E-state index in [-0.39, 0.29) is 18.7 Å². The molecular weight excluding hydrogens is 380 g/mol. The van der Waals surface area contributed by atoms with Crippen molar-refractivity contribution in [1.29, 1.82) is 0 Å². The van der Waals surface area contributed by atoms with E-state index in [0.717, 1.165) is 0 Å². The van der Waals surface area contributed by atoms with Crippen LogP contribution < -0.4 is 10.6 Å². The van der Waals surface area contributed by atoms with Crippen molar-refractivity contribution in [2.45, 2.75) is 17.4 Å². The van der Waals surface area contributed by atoms with Gasteiger partial charge in [-0.2, -0.15) is 0 Å². The Labute approximate surface area is 165 Å². The van der Waals surface area contributed by atoms with E-state index in [1.165, 1.54) is 7.11 Å². The van der Waals surface area contributed by atoms with E-state index >= 15 is 0 Å². The molecular formula is C20H22N2O5S. The van der Waals surface area contributed by atoms with Gasteiger partial charge in [0.05, 0.1) is 24.5 Å². The van der Waals surface area contributed by atoms with E-state index in [4.69, 9.17) is 4.74 Å². The second-order valence-corrected chi connectivity index (χ2v) is 7.41. The quantitative estimate of drug-likeness (QED) is 0.615. The van der Waals surface area contributed by atoms with Gasteiger partial charge in [-0.25, -0.2) is 4.79 Å². The molecule has 0 aliphatic carbocycles. The summed E-state index contributed by atoms with van der Waals surface area (Å²) in [6.07, 6.45) is 0.145. The molecule has 0 radical (unpaired) electrons. The Bertz CT molecular complexity index is 827. The molecule has 0 aliphatic heterocycles. The number of ether oxygens (including phenoxy) is 1. The number of methoxy groups -OCH3 is 1. The molecule has 0 heterocycles. The summed E-state index contributed by atoms with van der Waals surface area (Å²) in [5.74, 6) is -1.38. The van der Waals surface area contributed by atoms with Crippen molar-refractivity contribution >= 4 is 28.6 Å². The Balaban J connectivity index is 1.87. The topological polar surface area (TPSA) is 102 Å². The van der Waals surface area contributed by atoms with Crippen LogP contribution in [-0.2, 0) is 25.1 Å². The molecule has 2 amide bonds. The number of hydrogen-bond acceptors (Lipinski definition) is 5. The first-order valence-corrected chi connectivity index (χ1v) is 9.97. The number of hydrogen-bond donors (Lipinski definition) is 2. The molecule has 0 unspecified atom stereocenters. The minimum Gasteiger partial charge on any atom is -0.467 e. The van der Waals surface area contributed by atoms with Gasteiger partial charge in [0.25, 0.3) is 5.91 Å². The van der Waals surface area contributed by atoms with Gasteiger partial charge in [0.15, 0.2) is 0 Å². The fourth-order valence-electron chi connectivity index (χ4n) is 2.40. The van der Waals surface area contributed by atoms with E-state index < -0.39 is 34.6 Å². The van der Waals surface area contributed by atoms with Crippen LogP contribution in [0.25, 0.3) is 0 Å². The fraction of sp³-hybridized carbons (Fsp3) is 0.250. The first kappa shape index (κ1) is 21.3. The molecule has 0 saturated heterocycles. The normalized spacial score (nSPS) is 12.5. The average Bonchev–Trinajstić information content (AvgIpc) is 2.75. The molecule has 0 bridgehead atoms. The minimum absolute atomic E-state index is 0.145. The van der Waals surface area contributed by atoms with Crippen LogP contribution in [0, 0.1) is 0 Å². The van der Waals surface area contributed by atoms with Crippen molar-refractivity contribution in [1.82, 2.24) is 10.6 Å². The van der Waals surface area contributed by atoms with Crippen LogP contribution in [0.1, 0.15) is 16.8 Å². The van der Waals surface area contributed by atoms with Crippen LogP contribution in [0.2, 0.25) is 0 Å². The third kappa shape index (κ3) is 6.62. The molecule has 0 aliphatic rings. The molecule has 2 aromatic rings. The van der Waals surface area contributed by atoms with Crippen LogP contribution >= 0.6 is 0 Å². The molecule has 0 fully saturated rings. The Kier molecular flexibility index (Phi) is 8.36. The predicted octanol–water partition coefficient (Wildman–Crippen LogP) is 1.27. The summed E-state index contributed by atoms with van der Waals surface area (Å²) in [7, 11) is -0.0870. The second-order valence-electron chi connectivity index (χ2n) is 5.84. The minimum atomic E-state index is -1.30. The van der Waals surface area contributed by atoms with Crippen molar-refractivity contribution in [2.24, 2.45) is 0 Å². The highest BCUT2D eigenvalue weighted by Crippen LogP contribution is 2.08. The standard InChI is InChI=1S/C20H22N2O5S/c1-27-20(25)17(12-13-28(26)16-10-6-3-7-11-16)22-18(23)14-21-19(24)15-8-4-2-5-9-15/h2-11,17H,12-14H2,1H3,(H,21,24)(H,22,23)/t17-,28-/m0/s1. The van der Waals surface area contributed by atoms with Gasteiger partial charge in [0.2, 0.25) is 5.91 Å². The number of benzene rings is 2. The smallest absolute Gasteiger partial charge is 0.328 e. The largest absolute Gasteiger partial charge is 0.467 e. The zero-order valence-electron chi connectivity index (χ0n) is 15.4. The van der Waals surface area contributed by atoms with Gasteiger partial charge in [0.1, 0.15) is 6.04 Å². The Morgan fingerprint density at radius 1 is 1.00 bits per heavy atom. The van der Waals surface area contributed by atoms with Gasteiger partial charge in [-0.15, -0.1) is 0 Å². The fourth-order valence-corrected chi connectivity index (χ4v) is 3.55. The summed E-state index contributed by atoms with van der Waals surface area (Å²) in [6.45, 7) is -0.289. The Hall–Kier alpha value is -3.00. The first-order valence-electron chi connectivity index (χ1n) is 8.65. The lowest BCUT2D eigenvalue weighted by molar-refractivity contribution is -0.145. The number of nitrogens with one attached hydrogen (secondary N) is 2. The Morgan fingerprint density at radius 3 is 2.21 bits per heavy atom. The molecule has 0 aromatic heterocycles. The predicted molar refractivity (Wildman–Crippen MR) is 105 cm³/mol. The molecule has 0 spiro atoms.